The van der Waals surface area contributed by atoms with Crippen LogP contribution in [0, 0.1) is 11.7 Å². The lowest BCUT2D eigenvalue weighted by Gasteiger charge is -2.08. The molecule has 0 saturated heterocycles. The van der Waals surface area contributed by atoms with Gasteiger partial charge in [0.15, 0.2) is 0 Å². The van der Waals surface area contributed by atoms with Crippen molar-refractivity contribution in [2.24, 2.45) is 5.92 Å². The van der Waals surface area contributed by atoms with E-state index >= 15 is 0 Å². The Hall–Kier alpha value is -1.62. The number of amides is 1. The largest absolute Gasteiger partial charge is 0.396 e. The number of ether oxygens (including phenoxy) is 1. The molecule has 0 radical (unpaired) electrons. The smallest absolute Gasteiger partial charge is 0.251 e. The van der Waals surface area contributed by atoms with E-state index in [2.05, 4.69) is 19.2 Å². The summed E-state index contributed by atoms with van der Waals surface area (Å²) < 4.78 is 18.6. The average molecular weight is 268 g/mol. The van der Waals surface area contributed by atoms with Gasteiger partial charge in [-0.1, -0.05) is 13.8 Å². The van der Waals surface area contributed by atoms with Crippen LogP contribution in [-0.2, 0) is 4.74 Å². The normalized spacial score (nSPS) is 10.7. The highest BCUT2D eigenvalue weighted by atomic mass is 19.1. The van der Waals surface area contributed by atoms with Crippen molar-refractivity contribution in [3.05, 3.63) is 29.6 Å². The fourth-order valence-corrected chi connectivity index (χ4v) is 1.47. The number of hydrogen-bond donors (Lipinski definition) is 2. The lowest BCUT2D eigenvalue weighted by Crippen LogP contribution is -2.25. The van der Waals surface area contributed by atoms with Crippen LogP contribution >= 0.6 is 0 Å². The van der Waals surface area contributed by atoms with Crippen molar-refractivity contribution >= 4 is 11.6 Å². The van der Waals surface area contributed by atoms with Crippen LogP contribution in [0.3, 0.4) is 0 Å². The Morgan fingerprint density at radius 2 is 2.21 bits per heavy atom. The summed E-state index contributed by atoms with van der Waals surface area (Å²) in [7, 11) is 0. The van der Waals surface area contributed by atoms with E-state index < -0.39 is 5.82 Å². The molecule has 0 bridgehead atoms. The highest BCUT2D eigenvalue weighted by Gasteiger charge is 2.07. The summed E-state index contributed by atoms with van der Waals surface area (Å²) >= 11 is 0. The maximum Gasteiger partial charge on any atom is 0.251 e. The van der Waals surface area contributed by atoms with Crippen molar-refractivity contribution in [3.8, 4) is 0 Å². The van der Waals surface area contributed by atoms with Gasteiger partial charge < -0.3 is 15.8 Å². The number of carbonyl (C=O) groups excluding carboxylic acids is 1. The van der Waals surface area contributed by atoms with Crippen molar-refractivity contribution in [3.63, 3.8) is 0 Å². The molecule has 5 heteroatoms. The molecular formula is C14H21FN2O2. The maximum atomic E-state index is 13.2. The molecule has 1 amide bonds. The molecule has 0 atom stereocenters. The molecule has 0 unspecified atom stereocenters. The third-order valence-corrected chi connectivity index (χ3v) is 2.46. The number of nitrogens with one attached hydrogen (secondary N) is 1. The summed E-state index contributed by atoms with van der Waals surface area (Å²) in [5, 5.41) is 2.71. The standard InChI is InChI=1S/C14H21FN2O2/c1-10(2)9-19-7-3-6-17-14(18)11-4-5-13(16)12(15)8-11/h4-5,8,10H,3,6-7,9,16H2,1-2H3,(H,17,18). The van der Waals surface area contributed by atoms with Crippen LogP contribution in [0.5, 0.6) is 0 Å². The van der Waals surface area contributed by atoms with Gasteiger partial charge in [0, 0.05) is 25.3 Å². The Kier molecular flexibility index (Phi) is 6.29. The zero-order chi connectivity index (χ0) is 14.3. The summed E-state index contributed by atoms with van der Waals surface area (Å²) in [5.41, 5.74) is 5.66. The molecule has 1 rings (SSSR count). The molecule has 19 heavy (non-hydrogen) atoms. The third kappa shape index (κ3) is 5.70. The first-order valence-electron chi connectivity index (χ1n) is 6.41. The van der Waals surface area contributed by atoms with Crippen molar-refractivity contribution in [2.45, 2.75) is 20.3 Å². The number of rotatable bonds is 7. The molecule has 106 valence electrons. The SMILES string of the molecule is CC(C)COCCCNC(=O)c1ccc(N)c(F)c1. The lowest BCUT2D eigenvalue weighted by molar-refractivity contribution is 0.0924. The Morgan fingerprint density at radius 3 is 2.84 bits per heavy atom. The first-order chi connectivity index (χ1) is 9.00. The molecule has 0 saturated carbocycles. The second kappa shape index (κ2) is 7.74. The molecule has 1 aromatic carbocycles. The average Bonchev–Trinajstić information content (AvgIpc) is 2.36. The molecule has 0 heterocycles. The summed E-state index contributed by atoms with van der Waals surface area (Å²) in [4.78, 5) is 11.7. The van der Waals surface area contributed by atoms with Gasteiger partial charge in [0.2, 0.25) is 0 Å². The van der Waals surface area contributed by atoms with Crippen molar-refractivity contribution < 1.29 is 13.9 Å². The van der Waals surface area contributed by atoms with Gasteiger partial charge in [0.25, 0.3) is 5.91 Å². The Bertz CT molecular complexity index is 422. The second-order valence-electron chi connectivity index (χ2n) is 4.81. The molecule has 0 fully saturated rings. The molecule has 0 spiro atoms. The minimum atomic E-state index is -0.576. The van der Waals surface area contributed by atoms with Crippen LogP contribution in [0.25, 0.3) is 0 Å². The zero-order valence-electron chi connectivity index (χ0n) is 11.4. The number of hydrogen-bond acceptors (Lipinski definition) is 3. The van der Waals surface area contributed by atoms with E-state index in [0.29, 0.717) is 19.1 Å². The van der Waals surface area contributed by atoms with Crippen LogP contribution in [0.15, 0.2) is 18.2 Å². The van der Waals surface area contributed by atoms with Crippen LogP contribution in [0.2, 0.25) is 0 Å². The Labute approximate surface area is 113 Å². The quantitative estimate of drug-likeness (QED) is 0.588. The number of halogens is 1. The van der Waals surface area contributed by atoms with E-state index in [9.17, 15) is 9.18 Å². The summed E-state index contributed by atoms with van der Waals surface area (Å²) in [5.74, 6) is -0.372. The number of nitrogens with two attached hydrogens (primary N) is 1. The van der Waals surface area contributed by atoms with E-state index in [0.717, 1.165) is 19.1 Å². The first-order valence-corrected chi connectivity index (χ1v) is 6.41. The van der Waals surface area contributed by atoms with Gasteiger partial charge in [-0.2, -0.15) is 0 Å². The van der Waals surface area contributed by atoms with Gasteiger partial charge in [-0.15, -0.1) is 0 Å². The summed E-state index contributed by atoms with van der Waals surface area (Å²) in [6, 6.07) is 4.03. The monoisotopic (exact) mass is 268 g/mol. The lowest BCUT2D eigenvalue weighted by atomic mass is 10.2. The number of carbonyl (C=O) groups is 1. The molecule has 4 nitrogen and oxygen atoms in total. The van der Waals surface area contributed by atoms with Crippen LogP contribution in [0.1, 0.15) is 30.6 Å². The number of nitrogen functional groups attached to an aromatic ring is 1. The fourth-order valence-electron chi connectivity index (χ4n) is 1.47. The molecule has 0 aliphatic rings. The van der Waals surface area contributed by atoms with E-state index in [1.54, 1.807) is 0 Å². The molecule has 0 aromatic heterocycles. The van der Waals surface area contributed by atoms with Crippen LogP contribution in [-0.4, -0.2) is 25.7 Å². The minimum absolute atomic E-state index is 0.0404. The van der Waals surface area contributed by atoms with Crippen molar-refractivity contribution in [2.75, 3.05) is 25.5 Å². The molecule has 1 aromatic rings. The predicted molar refractivity (Wildman–Crippen MR) is 73.4 cm³/mol. The second-order valence-corrected chi connectivity index (χ2v) is 4.81. The van der Waals surface area contributed by atoms with Crippen molar-refractivity contribution in [1.82, 2.24) is 5.32 Å². The predicted octanol–water partition coefficient (Wildman–Crippen LogP) is 2.20. The Morgan fingerprint density at radius 1 is 1.47 bits per heavy atom. The molecule has 3 N–H and O–H groups in total. The minimum Gasteiger partial charge on any atom is -0.396 e. The Balaban J connectivity index is 2.26. The number of benzene rings is 1. The van der Waals surface area contributed by atoms with E-state index in [1.807, 2.05) is 0 Å². The van der Waals surface area contributed by atoms with Crippen molar-refractivity contribution in [1.29, 1.82) is 0 Å². The van der Waals surface area contributed by atoms with E-state index in [1.165, 1.54) is 12.1 Å². The fraction of sp³-hybridized carbons (Fsp3) is 0.500. The topological polar surface area (TPSA) is 64.3 Å². The van der Waals surface area contributed by atoms with E-state index in [4.69, 9.17) is 10.5 Å². The van der Waals surface area contributed by atoms with Crippen LogP contribution < -0.4 is 11.1 Å². The first kappa shape index (κ1) is 15.4. The molecular weight excluding hydrogens is 247 g/mol. The van der Waals surface area contributed by atoms with E-state index in [-0.39, 0.29) is 17.2 Å². The van der Waals surface area contributed by atoms with Gasteiger partial charge in [-0.3, -0.25) is 4.79 Å². The van der Waals surface area contributed by atoms with Gasteiger partial charge in [-0.05, 0) is 30.5 Å². The van der Waals surface area contributed by atoms with Gasteiger partial charge in [0.1, 0.15) is 5.82 Å². The highest BCUT2D eigenvalue weighted by Crippen LogP contribution is 2.11. The maximum absolute atomic E-state index is 13.2. The van der Waals surface area contributed by atoms with Gasteiger partial charge in [-0.25, -0.2) is 4.39 Å². The highest BCUT2D eigenvalue weighted by molar-refractivity contribution is 5.94. The molecule has 0 aliphatic heterocycles. The third-order valence-electron chi connectivity index (χ3n) is 2.46. The van der Waals surface area contributed by atoms with Crippen LogP contribution in [0.4, 0.5) is 10.1 Å². The zero-order valence-corrected chi connectivity index (χ0v) is 11.4. The van der Waals surface area contributed by atoms with Gasteiger partial charge in [0.05, 0.1) is 5.69 Å². The summed E-state index contributed by atoms with van der Waals surface area (Å²) in [6.07, 6.45) is 0.732. The van der Waals surface area contributed by atoms with Gasteiger partial charge >= 0.3 is 0 Å². The molecule has 0 aliphatic carbocycles. The summed E-state index contributed by atoms with van der Waals surface area (Å²) in [6.45, 7) is 5.99. The number of anilines is 1.